The molecule has 6 nitrogen and oxygen atoms in total. The quantitative estimate of drug-likeness (QED) is 0.735. The van der Waals surface area contributed by atoms with Crippen molar-refractivity contribution in [2.45, 2.75) is 70.5 Å². The van der Waals surface area contributed by atoms with Gasteiger partial charge >= 0.3 is 12.0 Å². The number of hydrogen-bond donors (Lipinski definition) is 2. The van der Waals surface area contributed by atoms with Gasteiger partial charge in [0.15, 0.2) is 0 Å². The van der Waals surface area contributed by atoms with E-state index in [-0.39, 0.29) is 18.6 Å². The van der Waals surface area contributed by atoms with Gasteiger partial charge in [0.1, 0.15) is 0 Å². The second kappa shape index (κ2) is 9.11. The maximum atomic E-state index is 12.0. The summed E-state index contributed by atoms with van der Waals surface area (Å²) in [7, 11) is 0. The van der Waals surface area contributed by atoms with E-state index in [0.29, 0.717) is 19.1 Å². The van der Waals surface area contributed by atoms with Crippen LogP contribution in [-0.2, 0) is 9.53 Å². The third-order valence-corrected chi connectivity index (χ3v) is 4.92. The summed E-state index contributed by atoms with van der Waals surface area (Å²) >= 11 is 0. The predicted octanol–water partition coefficient (Wildman–Crippen LogP) is 2.62. The molecule has 0 aromatic heterocycles. The number of rotatable bonds is 6. The molecular weight excluding hydrogens is 296 g/mol. The third kappa shape index (κ3) is 6.37. The number of urea groups is 1. The topological polar surface area (TPSA) is 78.9 Å². The molecule has 2 amide bonds. The molecule has 1 aliphatic heterocycles. The Bertz CT molecular complexity index is 386. The number of carboxylic acids is 1. The van der Waals surface area contributed by atoms with Crippen molar-refractivity contribution in [3.8, 4) is 0 Å². The molecule has 0 bridgehead atoms. The number of nitrogens with one attached hydrogen (secondary N) is 1. The number of amides is 2. The second-order valence-corrected chi connectivity index (χ2v) is 6.93. The first-order chi connectivity index (χ1) is 11.0. The lowest BCUT2D eigenvalue weighted by molar-refractivity contribution is -0.137. The van der Waals surface area contributed by atoms with E-state index in [1.807, 2.05) is 4.90 Å². The van der Waals surface area contributed by atoms with Crippen LogP contribution in [0.25, 0.3) is 0 Å². The van der Waals surface area contributed by atoms with E-state index >= 15 is 0 Å². The molecule has 132 valence electrons. The van der Waals surface area contributed by atoms with E-state index in [0.717, 1.165) is 31.8 Å². The molecule has 1 aliphatic carbocycles. The summed E-state index contributed by atoms with van der Waals surface area (Å²) < 4.78 is 6.21. The Morgan fingerprint density at radius 3 is 2.30 bits per heavy atom. The van der Waals surface area contributed by atoms with Crippen molar-refractivity contribution >= 4 is 12.0 Å². The van der Waals surface area contributed by atoms with E-state index in [2.05, 4.69) is 12.2 Å². The van der Waals surface area contributed by atoms with Crippen LogP contribution in [0.3, 0.4) is 0 Å². The fraction of sp³-hybridized carbons (Fsp3) is 0.882. The van der Waals surface area contributed by atoms with Gasteiger partial charge < -0.3 is 20.1 Å². The van der Waals surface area contributed by atoms with Crippen molar-refractivity contribution in [1.82, 2.24) is 10.2 Å². The van der Waals surface area contributed by atoms with E-state index in [1.165, 1.54) is 25.7 Å². The number of carbonyl (C=O) groups excluding carboxylic acids is 1. The molecule has 0 radical (unpaired) electrons. The number of carboxylic acid groups (broad SMARTS) is 1. The lowest BCUT2D eigenvalue weighted by Crippen LogP contribution is -2.46. The molecule has 2 aliphatic rings. The molecule has 1 saturated heterocycles. The SMILES string of the molecule is CC1CCC(OC2CCN(C(=O)NCCCC(=O)O)CC2)CC1. The number of ether oxygens (including phenoxy) is 1. The van der Waals surface area contributed by atoms with E-state index in [9.17, 15) is 9.59 Å². The van der Waals surface area contributed by atoms with Crippen LogP contribution in [0.4, 0.5) is 4.79 Å². The molecule has 0 aromatic rings. The minimum Gasteiger partial charge on any atom is -0.481 e. The summed E-state index contributed by atoms with van der Waals surface area (Å²) in [6.07, 6.45) is 7.93. The van der Waals surface area contributed by atoms with Gasteiger partial charge in [0.25, 0.3) is 0 Å². The number of carbonyl (C=O) groups is 2. The smallest absolute Gasteiger partial charge is 0.317 e. The van der Waals surface area contributed by atoms with Crippen LogP contribution in [0.15, 0.2) is 0 Å². The average Bonchev–Trinajstić information content (AvgIpc) is 2.54. The third-order valence-electron chi connectivity index (χ3n) is 4.92. The highest BCUT2D eigenvalue weighted by molar-refractivity contribution is 5.74. The summed E-state index contributed by atoms with van der Waals surface area (Å²) in [5.74, 6) is 0.0100. The highest BCUT2D eigenvalue weighted by Gasteiger charge is 2.27. The molecule has 2 rings (SSSR count). The molecule has 2 N–H and O–H groups in total. The van der Waals surface area contributed by atoms with Gasteiger partial charge in [0, 0.05) is 26.1 Å². The maximum Gasteiger partial charge on any atom is 0.317 e. The molecule has 0 aromatic carbocycles. The summed E-state index contributed by atoms with van der Waals surface area (Å²) in [5.41, 5.74) is 0. The number of nitrogens with zero attached hydrogens (tertiary/aromatic N) is 1. The minimum absolute atomic E-state index is 0.0830. The van der Waals surface area contributed by atoms with Gasteiger partial charge in [-0.15, -0.1) is 0 Å². The Labute approximate surface area is 138 Å². The van der Waals surface area contributed by atoms with Gasteiger partial charge in [-0.25, -0.2) is 4.79 Å². The molecule has 0 spiro atoms. The zero-order valence-corrected chi connectivity index (χ0v) is 14.1. The van der Waals surface area contributed by atoms with Crippen molar-refractivity contribution < 1.29 is 19.4 Å². The highest BCUT2D eigenvalue weighted by Crippen LogP contribution is 2.28. The lowest BCUT2D eigenvalue weighted by atomic mass is 9.88. The van der Waals surface area contributed by atoms with Crippen molar-refractivity contribution in [1.29, 1.82) is 0 Å². The first-order valence-electron chi connectivity index (χ1n) is 8.94. The Morgan fingerprint density at radius 2 is 1.70 bits per heavy atom. The second-order valence-electron chi connectivity index (χ2n) is 6.93. The van der Waals surface area contributed by atoms with Crippen LogP contribution in [-0.4, -0.2) is 53.8 Å². The normalized spacial score (nSPS) is 26.0. The first-order valence-corrected chi connectivity index (χ1v) is 8.94. The number of likely N-dealkylation sites (tertiary alicyclic amines) is 1. The summed E-state index contributed by atoms with van der Waals surface area (Å²) in [6, 6.07) is -0.0830. The Balaban J connectivity index is 1.59. The standard InChI is InChI=1S/C17H30N2O4/c1-13-4-6-14(7-5-13)23-15-8-11-19(12-9-15)17(22)18-10-2-3-16(20)21/h13-15H,2-12H2,1H3,(H,18,22)(H,20,21). The van der Waals surface area contributed by atoms with E-state index in [1.54, 1.807) is 0 Å². The van der Waals surface area contributed by atoms with Gasteiger partial charge in [-0.2, -0.15) is 0 Å². The van der Waals surface area contributed by atoms with Crippen LogP contribution >= 0.6 is 0 Å². The largest absolute Gasteiger partial charge is 0.481 e. The molecule has 23 heavy (non-hydrogen) atoms. The van der Waals surface area contributed by atoms with Crippen LogP contribution in [0.2, 0.25) is 0 Å². The van der Waals surface area contributed by atoms with Crippen molar-refractivity contribution in [3.05, 3.63) is 0 Å². The average molecular weight is 326 g/mol. The summed E-state index contributed by atoms with van der Waals surface area (Å²) in [4.78, 5) is 24.2. The van der Waals surface area contributed by atoms with Crippen LogP contribution in [0.1, 0.15) is 58.3 Å². The summed E-state index contributed by atoms with van der Waals surface area (Å²) in [6.45, 7) is 4.17. The van der Waals surface area contributed by atoms with Crippen molar-refractivity contribution in [2.24, 2.45) is 5.92 Å². The van der Waals surface area contributed by atoms with Crippen LogP contribution < -0.4 is 5.32 Å². The molecule has 0 unspecified atom stereocenters. The Morgan fingerprint density at radius 1 is 1.09 bits per heavy atom. The van der Waals surface area contributed by atoms with Crippen molar-refractivity contribution in [2.75, 3.05) is 19.6 Å². The van der Waals surface area contributed by atoms with Gasteiger partial charge in [0.05, 0.1) is 12.2 Å². The zero-order valence-electron chi connectivity index (χ0n) is 14.1. The van der Waals surface area contributed by atoms with Gasteiger partial charge in [-0.05, 0) is 50.9 Å². The van der Waals surface area contributed by atoms with Gasteiger partial charge in [-0.1, -0.05) is 6.92 Å². The maximum absolute atomic E-state index is 12.0. The van der Waals surface area contributed by atoms with E-state index < -0.39 is 5.97 Å². The van der Waals surface area contributed by atoms with Crippen molar-refractivity contribution in [3.63, 3.8) is 0 Å². The molecule has 1 saturated carbocycles. The molecule has 0 atom stereocenters. The number of aliphatic carboxylic acids is 1. The van der Waals surface area contributed by atoms with E-state index in [4.69, 9.17) is 9.84 Å². The Hall–Kier alpha value is -1.30. The molecule has 1 heterocycles. The minimum atomic E-state index is -0.825. The summed E-state index contributed by atoms with van der Waals surface area (Å²) in [5, 5.41) is 11.4. The van der Waals surface area contributed by atoms with Gasteiger partial charge in [0.2, 0.25) is 0 Å². The molecule has 2 fully saturated rings. The van der Waals surface area contributed by atoms with Crippen LogP contribution in [0, 0.1) is 5.92 Å². The number of piperidine rings is 1. The fourth-order valence-electron chi connectivity index (χ4n) is 3.38. The number of hydrogen-bond acceptors (Lipinski definition) is 3. The highest BCUT2D eigenvalue weighted by atomic mass is 16.5. The Kier molecular flexibility index (Phi) is 7.15. The zero-order chi connectivity index (χ0) is 16.7. The first kappa shape index (κ1) is 18.0. The van der Waals surface area contributed by atoms with Gasteiger partial charge in [-0.3, -0.25) is 4.79 Å². The molecular formula is C17H30N2O4. The van der Waals surface area contributed by atoms with Crippen LogP contribution in [0.5, 0.6) is 0 Å². The fourth-order valence-corrected chi connectivity index (χ4v) is 3.38. The monoisotopic (exact) mass is 326 g/mol. The lowest BCUT2D eigenvalue weighted by Gasteiger charge is -2.35. The molecule has 6 heteroatoms. The predicted molar refractivity (Wildman–Crippen MR) is 87.4 cm³/mol.